The van der Waals surface area contributed by atoms with Gasteiger partial charge in [0, 0.05) is 16.1 Å². The maximum Gasteiger partial charge on any atom is 0.291 e. The zero-order chi connectivity index (χ0) is 16.6. The molecule has 0 aliphatic rings. The number of benzene rings is 2. The number of hydrogen-bond acceptors (Lipinski definition) is 4. The molecule has 118 valence electrons. The van der Waals surface area contributed by atoms with Gasteiger partial charge in [-0.3, -0.25) is 4.79 Å². The maximum absolute atomic E-state index is 12.2. The Morgan fingerprint density at radius 2 is 1.91 bits per heavy atom. The minimum absolute atomic E-state index is 0.0864. The highest BCUT2D eigenvalue weighted by molar-refractivity contribution is 7.89. The fraction of sp³-hybridized carbons (Fsp3) is 0. The van der Waals surface area contributed by atoms with Crippen molar-refractivity contribution in [3.8, 4) is 0 Å². The second-order valence-corrected chi connectivity index (χ2v) is 6.82. The number of nitrogens with one attached hydrogen (secondary N) is 1. The fourth-order valence-corrected chi connectivity index (χ4v) is 2.81. The van der Waals surface area contributed by atoms with Crippen molar-refractivity contribution in [2.45, 2.75) is 4.90 Å². The summed E-state index contributed by atoms with van der Waals surface area (Å²) < 4.78 is 28.1. The van der Waals surface area contributed by atoms with Crippen molar-refractivity contribution in [3.63, 3.8) is 0 Å². The van der Waals surface area contributed by atoms with E-state index >= 15 is 0 Å². The third-order valence-electron chi connectivity index (χ3n) is 3.12. The van der Waals surface area contributed by atoms with Crippen molar-refractivity contribution >= 4 is 44.2 Å². The highest BCUT2D eigenvalue weighted by atomic mass is 35.5. The largest absolute Gasteiger partial charge is 0.451 e. The quantitative estimate of drug-likeness (QED) is 0.757. The predicted octanol–water partition coefficient (Wildman–Crippen LogP) is 2.99. The Hall–Kier alpha value is -2.35. The number of sulfonamides is 1. The van der Waals surface area contributed by atoms with Crippen molar-refractivity contribution in [2.75, 3.05) is 5.32 Å². The van der Waals surface area contributed by atoms with Crippen molar-refractivity contribution < 1.29 is 17.6 Å². The smallest absolute Gasteiger partial charge is 0.291 e. The molecule has 0 unspecified atom stereocenters. The second kappa shape index (κ2) is 5.69. The van der Waals surface area contributed by atoms with Gasteiger partial charge < -0.3 is 9.73 Å². The Morgan fingerprint density at radius 1 is 1.13 bits per heavy atom. The molecule has 1 heterocycles. The average molecular weight is 351 g/mol. The summed E-state index contributed by atoms with van der Waals surface area (Å²) in [6.07, 6.45) is 0. The van der Waals surface area contributed by atoms with Gasteiger partial charge >= 0.3 is 0 Å². The summed E-state index contributed by atoms with van der Waals surface area (Å²) in [4.78, 5) is 12.1. The van der Waals surface area contributed by atoms with Gasteiger partial charge in [0.05, 0.1) is 4.90 Å². The van der Waals surface area contributed by atoms with Gasteiger partial charge in [-0.15, -0.1) is 0 Å². The predicted molar refractivity (Wildman–Crippen MR) is 87.0 cm³/mol. The summed E-state index contributed by atoms with van der Waals surface area (Å²) in [5, 5.41) is 8.85. The Labute approximate surface area is 136 Å². The van der Waals surface area contributed by atoms with Gasteiger partial charge in [-0.05, 0) is 42.5 Å². The maximum atomic E-state index is 12.2. The van der Waals surface area contributed by atoms with Crippen molar-refractivity contribution in [3.05, 3.63) is 59.3 Å². The molecular formula is C15H11ClN2O4S. The van der Waals surface area contributed by atoms with Gasteiger partial charge in [0.25, 0.3) is 5.91 Å². The second-order valence-electron chi connectivity index (χ2n) is 4.82. The Balaban J connectivity index is 1.88. The van der Waals surface area contributed by atoms with E-state index in [9.17, 15) is 13.2 Å². The average Bonchev–Trinajstić information content (AvgIpc) is 2.90. The molecule has 0 spiro atoms. The van der Waals surface area contributed by atoms with Gasteiger partial charge in [-0.25, -0.2) is 13.6 Å². The molecule has 0 aliphatic heterocycles. The van der Waals surface area contributed by atoms with Crippen LogP contribution in [0.5, 0.6) is 0 Å². The van der Waals surface area contributed by atoms with Crippen LogP contribution >= 0.6 is 11.6 Å². The van der Waals surface area contributed by atoms with Crippen LogP contribution in [-0.4, -0.2) is 14.3 Å². The number of halogens is 1. The van der Waals surface area contributed by atoms with Crippen LogP contribution in [0.25, 0.3) is 11.0 Å². The summed E-state index contributed by atoms with van der Waals surface area (Å²) >= 11 is 5.89. The van der Waals surface area contributed by atoms with Gasteiger partial charge in [-0.1, -0.05) is 17.7 Å². The molecular weight excluding hydrogens is 340 g/mol. The number of carbonyl (C=O) groups excluding carboxylic acids is 1. The Bertz CT molecular complexity index is 1010. The molecule has 0 aliphatic carbocycles. The zero-order valence-electron chi connectivity index (χ0n) is 11.6. The molecule has 0 saturated carbocycles. The summed E-state index contributed by atoms with van der Waals surface area (Å²) in [6, 6.07) is 12.2. The SMILES string of the molecule is NS(=O)(=O)c1cccc(NC(=O)c2cc3cc(Cl)ccc3o2)c1. The highest BCUT2D eigenvalue weighted by Crippen LogP contribution is 2.24. The molecule has 0 saturated heterocycles. The van der Waals surface area contributed by atoms with Crippen LogP contribution in [0.2, 0.25) is 5.02 Å². The lowest BCUT2D eigenvalue weighted by molar-refractivity contribution is 0.0998. The number of fused-ring (bicyclic) bond motifs is 1. The van der Waals surface area contributed by atoms with Crippen molar-refractivity contribution in [1.82, 2.24) is 0 Å². The molecule has 0 atom stereocenters. The third kappa shape index (κ3) is 3.37. The van der Waals surface area contributed by atoms with Crippen LogP contribution in [0, 0.1) is 0 Å². The number of nitrogens with two attached hydrogens (primary N) is 1. The Kier molecular flexibility index (Phi) is 3.85. The van der Waals surface area contributed by atoms with E-state index in [-0.39, 0.29) is 10.7 Å². The first-order valence-corrected chi connectivity index (χ1v) is 8.39. The number of rotatable bonds is 3. The lowest BCUT2D eigenvalue weighted by Crippen LogP contribution is -2.14. The molecule has 0 fully saturated rings. The molecule has 23 heavy (non-hydrogen) atoms. The van der Waals surface area contributed by atoms with E-state index in [1.54, 1.807) is 30.3 Å². The van der Waals surface area contributed by atoms with Crippen molar-refractivity contribution in [2.24, 2.45) is 5.14 Å². The lowest BCUT2D eigenvalue weighted by atomic mass is 10.2. The summed E-state index contributed by atoms with van der Waals surface area (Å²) in [7, 11) is -3.84. The van der Waals surface area contributed by atoms with E-state index in [0.717, 1.165) is 0 Å². The monoisotopic (exact) mass is 350 g/mol. The first kappa shape index (κ1) is 15.5. The first-order chi connectivity index (χ1) is 10.8. The zero-order valence-corrected chi connectivity index (χ0v) is 13.2. The van der Waals surface area contributed by atoms with E-state index in [4.69, 9.17) is 21.2 Å². The molecule has 8 heteroatoms. The summed E-state index contributed by atoms with van der Waals surface area (Å²) in [6.45, 7) is 0. The van der Waals surface area contributed by atoms with Crippen LogP contribution < -0.4 is 10.5 Å². The number of primary sulfonamides is 1. The van der Waals surface area contributed by atoms with Gasteiger partial charge in [0.2, 0.25) is 10.0 Å². The fourth-order valence-electron chi connectivity index (χ4n) is 2.07. The van der Waals surface area contributed by atoms with E-state index in [2.05, 4.69) is 5.32 Å². The van der Waals surface area contributed by atoms with E-state index < -0.39 is 15.9 Å². The van der Waals surface area contributed by atoms with Crippen LogP contribution in [0.1, 0.15) is 10.6 Å². The molecule has 1 aromatic heterocycles. The molecule has 3 aromatic rings. The van der Waals surface area contributed by atoms with Crippen LogP contribution in [0.4, 0.5) is 5.69 Å². The molecule has 0 bridgehead atoms. The minimum Gasteiger partial charge on any atom is -0.451 e. The lowest BCUT2D eigenvalue weighted by Gasteiger charge is -2.04. The summed E-state index contributed by atoms with van der Waals surface area (Å²) in [5.41, 5.74) is 0.817. The summed E-state index contributed by atoms with van der Waals surface area (Å²) in [5.74, 6) is -0.424. The van der Waals surface area contributed by atoms with E-state index in [1.165, 1.54) is 18.2 Å². The normalized spacial score (nSPS) is 11.6. The standard InChI is InChI=1S/C15H11ClN2O4S/c16-10-4-5-13-9(6-10)7-14(22-13)15(19)18-11-2-1-3-12(8-11)23(17,20)21/h1-8H,(H,18,19)(H2,17,20,21). The molecule has 0 radical (unpaired) electrons. The van der Waals surface area contributed by atoms with Gasteiger partial charge in [0.1, 0.15) is 5.58 Å². The minimum atomic E-state index is -3.84. The van der Waals surface area contributed by atoms with Crippen LogP contribution in [0.15, 0.2) is 57.8 Å². The third-order valence-corrected chi connectivity index (χ3v) is 4.27. The van der Waals surface area contributed by atoms with Crippen LogP contribution in [0.3, 0.4) is 0 Å². The first-order valence-electron chi connectivity index (χ1n) is 6.46. The number of furan rings is 1. The molecule has 1 amide bonds. The van der Waals surface area contributed by atoms with Gasteiger partial charge in [-0.2, -0.15) is 0 Å². The molecule has 6 nitrogen and oxygen atoms in total. The molecule has 2 aromatic carbocycles. The number of hydrogen-bond donors (Lipinski definition) is 2. The van der Waals surface area contributed by atoms with E-state index in [1.807, 2.05) is 0 Å². The number of anilines is 1. The highest BCUT2D eigenvalue weighted by Gasteiger charge is 2.14. The topological polar surface area (TPSA) is 102 Å². The Morgan fingerprint density at radius 3 is 2.65 bits per heavy atom. The number of carbonyl (C=O) groups is 1. The number of amides is 1. The van der Waals surface area contributed by atoms with Gasteiger partial charge in [0.15, 0.2) is 5.76 Å². The van der Waals surface area contributed by atoms with E-state index in [0.29, 0.717) is 21.7 Å². The van der Waals surface area contributed by atoms with Crippen molar-refractivity contribution in [1.29, 1.82) is 0 Å². The molecule has 3 rings (SSSR count). The van der Waals surface area contributed by atoms with Crippen LogP contribution in [-0.2, 0) is 10.0 Å². The molecule has 3 N–H and O–H groups in total.